The van der Waals surface area contributed by atoms with E-state index in [-0.39, 0.29) is 23.4 Å². The number of aryl methyl sites for hydroxylation is 2. The van der Waals surface area contributed by atoms with Gasteiger partial charge < -0.3 is 19.1 Å². The Labute approximate surface area is 304 Å². The van der Waals surface area contributed by atoms with Gasteiger partial charge in [-0.15, -0.1) is 22.7 Å². The fraction of sp³-hybridized carbons (Fsp3) is 0.297. The first-order valence-corrected chi connectivity index (χ1v) is 20.0. The summed E-state index contributed by atoms with van der Waals surface area (Å²) in [4.78, 5) is 42.0. The molecule has 6 aromatic rings. The molecule has 0 aliphatic carbocycles. The number of morpholine rings is 1. The number of likely N-dealkylation sites (N-methyl/N-ethyl adjacent to an activating group) is 1. The summed E-state index contributed by atoms with van der Waals surface area (Å²) >= 11 is 2.83. The lowest BCUT2D eigenvalue weighted by Crippen LogP contribution is -2.49. The summed E-state index contributed by atoms with van der Waals surface area (Å²) in [5.74, 6) is -0.786. The molecule has 1 unspecified atom stereocenters. The molecule has 7 rings (SSSR count). The zero-order chi connectivity index (χ0) is 36.0. The molecule has 0 radical (unpaired) electrons. The van der Waals surface area contributed by atoms with Crippen molar-refractivity contribution in [2.24, 2.45) is 0 Å². The van der Waals surface area contributed by atoms with Crippen molar-refractivity contribution in [3.8, 4) is 33.0 Å². The highest BCUT2D eigenvalue weighted by Gasteiger charge is 2.29. The van der Waals surface area contributed by atoms with Gasteiger partial charge in [0.05, 0.1) is 66.5 Å². The topological polar surface area (TPSA) is 127 Å². The van der Waals surface area contributed by atoms with Crippen LogP contribution < -0.4 is 4.72 Å². The van der Waals surface area contributed by atoms with Crippen molar-refractivity contribution in [2.75, 3.05) is 46.6 Å². The van der Waals surface area contributed by atoms with Crippen LogP contribution >= 0.6 is 22.7 Å². The van der Waals surface area contributed by atoms with Crippen molar-refractivity contribution >= 4 is 65.6 Å². The first-order valence-electron chi connectivity index (χ1n) is 16.5. The minimum absolute atomic E-state index is 0.0104. The van der Waals surface area contributed by atoms with Crippen LogP contribution in [0.25, 0.3) is 54.1 Å². The highest BCUT2D eigenvalue weighted by atomic mass is 32.2. The number of nitrogens with one attached hydrogen (secondary N) is 1. The van der Waals surface area contributed by atoms with Gasteiger partial charge >= 0.3 is 0 Å². The smallest absolute Gasteiger partial charge is 0.274 e. The largest absolute Gasteiger partial charge is 0.373 e. The number of thiophene rings is 1. The molecule has 14 heteroatoms. The van der Waals surface area contributed by atoms with Gasteiger partial charge in [-0.05, 0) is 63.3 Å². The van der Waals surface area contributed by atoms with E-state index in [1.54, 1.807) is 17.4 Å². The number of rotatable bonds is 9. The summed E-state index contributed by atoms with van der Waals surface area (Å²) in [6.45, 7) is 6.08. The number of sulfonamides is 1. The number of benzene rings is 2. The van der Waals surface area contributed by atoms with Crippen molar-refractivity contribution in [3.63, 3.8) is 0 Å². The maximum atomic E-state index is 14.2. The molecule has 4 aromatic heterocycles. The van der Waals surface area contributed by atoms with E-state index in [9.17, 15) is 18.0 Å². The number of hydrogen-bond acceptors (Lipinski definition) is 10. The Balaban J connectivity index is 1.39. The standard InChI is InChI=1S/C37H38N6O5S3/c1-22-35(49-23(2)38-22)29-14-11-25-17-26(12-13-28(25)39-29)34-33(24-9-7-6-8-10-24)36-30(18-31(50-36)37(45)40-51(5,46)47)43(34)21-32(44)42-15-16-48-27(20-42)19-41(3)4/h6-14,17-18,27H,15-16,19-21H2,1-5H3,(H,40,45). The van der Waals surface area contributed by atoms with Crippen LogP contribution in [0.15, 0.2) is 66.7 Å². The number of hydrogen-bond donors (Lipinski definition) is 1. The van der Waals surface area contributed by atoms with Gasteiger partial charge in [-0.2, -0.15) is 0 Å². The quantitative estimate of drug-likeness (QED) is 0.197. The lowest BCUT2D eigenvalue weighted by atomic mass is 9.99. The second-order valence-electron chi connectivity index (χ2n) is 13.1. The number of aromatic nitrogens is 3. The van der Waals surface area contributed by atoms with Gasteiger partial charge in [0.15, 0.2) is 0 Å². The highest BCUT2D eigenvalue weighted by Crippen LogP contribution is 2.45. The Morgan fingerprint density at radius 3 is 2.49 bits per heavy atom. The van der Waals surface area contributed by atoms with Gasteiger partial charge in [-0.1, -0.05) is 42.5 Å². The van der Waals surface area contributed by atoms with Gasteiger partial charge in [0, 0.05) is 30.6 Å². The van der Waals surface area contributed by atoms with Crippen LogP contribution in [0, 0.1) is 13.8 Å². The molecule has 1 aliphatic heterocycles. The van der Waals surface area contributed by atoms with Crippen molar-refractivity contribution in [2.45, 2.75) is 26.5 Å². The molecule has 1 atom stereocenters. The third-order valence-corrected chi connectivity index (χ3v) is 11.5. The lowest BCUT2D eigenvalue weighted by Gasteiger charge is -2.34. The maximum absolute atomic E-state index is 14.2. The third-order valence-electron chi connectivity index (χ3n) is 8.75. The zero-order valence-electron chi connectivity index (χ0n) is 29.0. The predicted molar refractivity (Wildman–Crippen MR) is 204 cm³/mol. The van der Waals surface area contributed by atoms with E-state index in [1.165, 1.54) is 11.3 Å². The molecule has 0 spiro atoms. The molecule has 5 heterocycles. The van der Waals surface area contributed by atoms with Gasteiger partial charge in [-0.25, -0.2) is 23.1 Å². The van der Waals surface area contributed by atoms with Gasteiger partial charge in [0.1, 0.15) is 6.54 Å². The molecule has 1 fully saturated rings. The average Bonchev–Trinajstić information content (AvgIpc) is 3.75. The van der Waals surface area contributed by atoms with Crippen LogP contribution in [0.1, 0.15) is 20.4 Å². The minimum atomic E-state index is -3.79. The Morgan fingerprint density at radius 1 is 1.00 bits per heavy atom. The summed E-state index contributed by atoms with van der Waals surface area (Å²) in [7, 11) is 0.169. The van der Waals surface area contributed by atoms with Crippen LogP contribution in [-0.4, -0.2) is 97.3 Å². The monoisotopic (exact) mass is 742 g/mol. The number of carbonyl (C=O) groups is 2. The summed E-state index contributed by atoms with van der Waals surface area (Å²) in [5.41, 5.74) is 6.79. The number of pyridine rings is 1. The summed E-state index contributed by atoms with van der Waals surface area (Å²) in [6.07, 6.45) is 0.845. The van der Waals surface area contributed by atoms with E-state index in [4.69, 9.17) is 9.72 Å². The summed E-state index contributed by atoms with van der Waals surface area (Å²) in [6, 6.07) is 21.7. The molecule has 11 nitrogen and oxygen atoms in total. The number of amides is 2. The van der Waals surface area contributed by atoms with Gasteiger partial charge in [0.2, 0.25) is 15.9 Å². The number of fused-ring (bicyclic) bond motifs is 2. The molecule has 2 aromatic carbocycles. The summed E-state index contributed by atoms with van der Waals surface area (Å²) < 4.78 is 34.8. The van der Waals surface area contributed by atoms with Crippen molar-refractivity contribution < 1.29 is 22.7 Å². The fourth-order valence-electron chi connectivity index (χ4n) is 6.66. The molecular formula is C37H38N6O5S3. The van der Waals surface area contributed by atoms with E-state index in [0.29, 0.717) is 31.8 Å². The van der Waals surface area contributed by atoms with Crippen LogP contribution in [0.4, 0.5) is 0 Å². The van der Waals surface area contributed by atoms with Gasteiger partial charge in [0.25, 0.3) is 5.91 Å². The molecule has 51 heavy (non-hydrogen) atoms. The fourth-order valence-corrected chi connectivity index (χ4v) is 9.18. The Kier molecular flexibility index (Phi) is 9.54. The molecule has 1 saturated heterocycles. The van der Waals surface area contributed by atoms with E-state index < -0.39 is 15.9 Å². The minimum Gasteiger partial charge on any atom is -0.373 e. The van der Waals surface area contributed by atoms with Crippen LogP contribution in [0.2, 0.25) is 0 Å². The first kappa shape index (κ1) is 35.0. The highest BCUT2D eigenvalue weighted by molar-refractivity contribution is 7.89. The second kappa shape index (κ2) is 13.9. The zero-order valence-corrected chi connectivity index (χ0v) is 31.4. The molecular weight excluding hydrogens is 705 g/mol. The van der Waals surface area contributed by atoms with Crippen LogP contribution in [0.3, 0.4) is 0 Å². The maximum Gasteiger partial charge on any atom is 0.274 e. The second-order valence-corrected chi connectivity index (χ2v) is 17.1. The first-order chi connectivity index (χ1) is 24.3. The van der Waals surface area contributed by atoms with E-state index >= 15 is 0 Å². The molecule has 2 amide bonds. The molecule has 1 N–H and O–H groups in total. The predicted octanol–water partition coefficient (Wildman–Crippen LogP) is 5.80. The lowest BCUT2D eigenvalue weighted by molar-refractivity contribution is -0.139. The molecule has 0 saturated carbocycles. The number of carbonyl (C=O) groups excluding carboxylic acids is 2. The van der Waals surface area contributed by atoms with E-state index in [0.717, 1.165) is 65.5 Å². The third kappa shape index (κ3) is 7.32. The van der Waals surface area contributed by atoms with Crippen LogP contribution in [-0.2, 0) is 26.1 Å². The number of ether oxygens (including phenoxy) is 1. The summed E-state index contributed by atoms with van der Waals surface area (Å²) in [5, 5.41) is 1.93. The Bertz CT molecular complexity index is 2400. The Hall–Kier alpha value is -4.47. The molecule has 264 valence electrons. The van der Waals surface area contributed by atoms with Crippen molar-refractivity contribution in [1.29, 1.82) is 0 Å². The average molecular weight is 743 g/mol. The van der Waals surface area contributed by atoms with Crippen molar-refractivity contribution in [3.05, 3.63) is 82.3 Å². The van der Waals surface area contributed by atoms with Gasteiger partial charge in [-0.3, -0.25) is 9.59 Å². The van der Waals surface area contributed by atoms with E-state index in [2.05, 4.69) is 21.8 Å². The van der Waals surface area contributed by atoms with Crippen molar-refractivity contribution in [1.82, 2.24) is 29.1 Å². The Morgan fingerprint density at radius 2 is 1.78 bits per heavy atom. The van der Waals surface area contributed by atoms with E-state index in [1.807, 2.05) is 90.8 Å². The molecule has 1 aliphatic rings. The number of nitrogens with zero attached hydrogens (tertiary/aromatic N) is 5. The number of thiazole rings is 1. The van der Waals surface area contributed by atoms with Crippen LogP contribution in [0.5, 0.6) is 0 Å². The SMILES string of the molecule is Cc1nc(C)c(-c2ccc3cc(-c4c(-c5ccccc5)c5sc(C(=O)NS(C)(=O)=O)cc5n4CC(=O)N4CCOC(CN(C)C)C4)ccc3n2)s1. The normalized spacial score (nSPS) is 15.3. The molecule has 0 bridgehead atoms.